The van der Waals surface area contributed by atoms with E-state index >= 15 is 0 Å². The van der Waals surface area contributed by atoms with Crippen molar-refractivity contribution in [3.05, 3.63) is 23.2 Å². The number of rotatable bonds is 3. The molecule has 0 saturated carbocycles. The summed E-state index contributed by atoms with van der Waals surface area (Å²) in [5, 5.41) is 4.10. The Morgan fingerprint density at radius 3 is 2.85 bits per heavy atom. The molecule has 1 heterocycles. The van der Waals surface area contributed by atoms with Crippen LogP contribution in [0.1, 0.15) is 27.2 Å². The fourth-order valence-electron chi connectivity index (χ4n) is 2.27. The Morgan fingerprint density at radius 1 is 1.50 bits per heavy atom. The molecule has 0 aromatic heterocycles. The first-order valence-corrected chi connectivity index (χ1v) is 8.23. The first-order chi connectivity index (χ1) is 9.45. The second-order valence-corrected chi connectivity index (χ2v) is 7.63. The van der Waals surface area contributed by atoms with Crippen molar-refractivity contribution in [2.45, 2.75) is 37.3 Å². The van der Waals surface area contributed by atoms with Gasteiger partial charge in [-0.15, -0.1) is 11.8 Å². The Morgan fingerprint density at radius 2 is 2.25 bits per heavy atom. The normalized spacial score (nSPS) is 18.6. The predicted molar refractivity (Wildman–Crippen MR) is 86.8 cm³/mol. The average Bonchev–Trinajstić information content (AvgIpc) is 2.79. The molecule has 5 heteroatoms. The highest BCUT2D eigenvalue weighted by Gasteiger charge is 2.23. The summed E-state index contributed by atoms with van der Waals surface area (Å²) in [6, 6.07) is 5.63. The number of nitrogens with one attached hydrogen (secondary N) is 1. The molecule has 2 amide bonds. The summed E-state index contributed by atoms with van der Waals surface area (Å²) in [6.07, 6.45) is 1.08. The number of carbonyl (C=O) groups is 1. The number of urea groups is 1. The lowest BCUT2D eigenvalue weighted by molar-refractivity contribution is 0.221. The first kappa shape index (κ1) is 15.5. The van der Waals surface area contributed by atoms with Crippen LogP contribution in [-0.4, -0.2) is 29.3 Å². The molecule has 1 aromatic carbocycles. The zero-order valence-electron chi connectivity index (χ0n) is 12.1. The van der Waals surface area contributed by atoms with Crippen LogP contribution in [0, 0.1) is 5.92 Å². The molecule has 0 spiro atoms. The number of benzene rings is 1. The number of nitrogens with zero attached hydrogens (tertiary/aromatic N) is 1. The van der Waals surface area contributed by atoms with Gasteiger partial charge in [-0.3, -0.25) is 0 Å². The van der Waals surface area contributed by atoms with Crippen LogP contribution in [0.15, 0.2) is 23.1 Å². The van der Waals surface area contributed by atoms with E-state index in [-0.39, 0.29) is 6.03 Å². The van der Waals surface area contributed by atoms with Crippen molar-refractivity contribution in [3.63, 3.8) is 0 Å². The molecule has 1 aliphatic rings. The van der Waals surface area contributed by atoms with Gasteiger partial charge in [0.1, 0.15) is 0 Å². The minimum Gasteiger partial charge on any atom is -0.324 e. The third kappa shape index (κ3) is 4.06. The van der Waals surface area contributed by atoms with E-state index in [1.54, 1.807) is 11.8 Å². The summed E-state index contributed by atoms with van der Waals surface area (Å²) < 4.78 is 0. The lowest BCUT2D eigenvalue weighted by Crippen LogP contribution is -2.33. The third-order valence-electron chi connectivity index (χ3n) is 3.26. The van der Waals surface area contributed by atoms with Gasteiger partial charge in [0.25, 0.3) is 0 Å². The molecule has 0 bridgehead atoms. The maximum Gasteiger partial charge on any atom is 0.321 e. The summed E-state index contributed by atoms with van der Waals surface area (Å²) in [7, 11) is 0. The van der Waals surface area contributed by atoms with Crippen LogP contribution in [-0.2, 0) is 0 Å². The van der Waals surface area contributed by atoms with Gasteiger partial charge in [-0.2, -0.15) is 0 Å². The Bertz CT molecular complexity index is 493. The molecule has 0 radical (unpaired) electrons. The summed E-state index contributed by atoms with van der Waals surface area (Å²) >= 11 is 7.77. The first-order valence-electron chi connectivity index (χ1n) is 6.98. The van der Waals surface area contributed by atoms with Crippen LogP contribution in [0.25, 0.3) is 0 Å². The van der Waals surface area contributed by atoms with Crippen LogP contribution >= 0.6 is 23.4 Å². The van der Waals surface area contributed by atoms with Crippen LogP contribution in [0.2, 0.25) is 5.02 Å². The van der Waals surface area contributed by atoms with Crippen molar-refractivity contribution >= 4 is 35.1 Å². The largest absolute Gasteiger partial charge is 0.324 e. The van der Waals surface area contributed by atoms with Gasteiger partial charge in [0.05, 0.1) is 5.69 Å². The minimum absolute atomic E-state index is 0.0257. The number of halogens is 1. The van der Waals surface area contributed by atoms with Crippen LogP contribution < -0.4 is 5.32 Å². The van der Waals surface area contributed by atoms with E-state index in [4.69, 9.17) is 11.6 Å². The average molecular weight is 313 g/mol. The van der Waals surface area contributed by atoms with E-state index < -0.39 is 0 Å². The quantitative estimate of drug-likeness (QED) is 0.819. The Balaban J connectivity index is 2.11. The summed E-state index contributed by atoms with van der Waals surface area (Å²) in [5.74, 6) is 0.588. The zero-order chi connectivity index (χ0) is 14.7. The molecule has 1 atom stereocenters. The summed E-state index contributed by atoms with van der Waals surface area (Å²) in [5.41, 5.74) is 0.806. The molecule has 1 saturated heterocycles. The molecule has 1 fully saturated rings. The fourth-order valence-corrected chi connectivity index (χ4v) is 3.33. The standard InChI is InChI=1S/C15H21ClN2OS/c1-10(2)20-14-5-4-12(16)8-13(14)17-15(19)18-7-6-11(3)9-18/h4-5,8,10-11H,6-7,9H2,1-3H3,(H,17,19). The smallest absolute Gasteiger partial charge is 0.321 e. The van der Waals surface area contributed by atoms with Gasteiger partial charge in [-0.1, -0.05) is 32.4 Å². The Labute approximate surface area is 130 Å². The Kier molecular flexibility index (Phi) is 5.22. The molecule has 20 heavy (non-hydrogen) atoms. The van der Waals surface area contributed by atoms with Crippen molar-refractivity contribution in [1.82, 2.24) is 4.90 Å². The Hall–Kier alpha value is -0.870. The fraction of sp³-hybridized carbons (Fsp3) is 0.533. The number of carbonyl (C=O) groups excluding carboxylic acids is 1. The number of amides is 2. The van der Waals surface area contributed by atoms with Gasteiger partial charge in [0, 0.05) is 28.3 Å². The highest BCUT2D eigenvalue weighted by Crippen LogP contribution is 2.33. The second-order valence-electron chi connectivity index (χ2n) is 5.58. The van der Waals surface area contributed by atoms with Gasteiger partial charge in [0.15, 0.2) is 0 Å². The number of anilines is 1. The molecule has 3 nitrogen and oxygen atoms in total. The molecule has 1 unspecified atom stereocenters. The van der Waals surface area contributed by atoms with Crippen molar-refractivity contribution in [3.8, 4) is 0 Å². The predicted octanol–water partition coefficient (Wildman–Crippen LogP) is 4.71. The number of hydrogen-bond donors (Lipinski definition) is 1. The van der Waals surface area contributed by atoms with E-state index in [0.717, 1.165) is 30.1 Å². The van der Waals surface area contributed by atoms with Gasteiger partial charge in [-0.25, -0.2) is 4.79 Å². The maximum absolute atomic E-state index is 12.3. The number of likely N-dealkylation sites (tertiary alicyclic amines) is 1. The van der Waals surface area contributed by atoms with Gasteiger partial charge >= 0.3 is 6.03 Å². The molecule has 110 valence electrons. The van der Waals surface area contributed by atoms with Crippen molar-refractivity contribution in [1.29, 1.82) is 0 Å². The number of thioether (sulfide) groups is 1. The molecule has 2 rings (SSSR count). The van der Waals surface area contributed by atoms with Gasteiger partial charge in [0.2, 0.25) is 0 Å². The molecule has 1 aliphatic heterocycles. The lowest BCUT2D eigenvalue weighted by atomic mass is 10.2. The third-order valence-corrected chi connectivity index (χ3v) is 4.57. The van der Waals surface area contributed by atoms with Crippen molar-refractivity contribution in [2.75, 3.05) is 18.4 Å². The van der Waals surface area contributed by atoms with E-state index in [0.29, 0.717) is 16.2 Å². The number of hydrogen-bond acceptors (Lipinski definition) is 2. The zero-order valence-corrected chi connectivity index (χ0v) is 13.7. The topological polar surface area (TPSA) is 32.3 Å². The molecular formula is C15H21ClN2OS. The van der Waals surface area contributed by atoms with Crippen molar-refractivity contribution in [2.24, 2.45) is 5.92 Å². The maximum atomic E-state index is 12.3. The summed E-state index contributed by atoms with van der Waals surface area (Å²) in [6.45, 7) is 8.10. The lowest BCUT2D eigenvalue weighted by Gasteiger charge is -2.19. The molecule has 0 aliphatic carbocycles. The van der Waals surface area contributed by atoms with Crippen LogP contribution in [0.5, 0.6) is 0 Å². The van der Waals surface area contributed by atoms with Crippen LogP contribution in [0.3, 0.4) is 0 Å². The summed E-state index contributed by atoms with van der Waals surface area (Å²) in [4.78, 5) is 15.2. The highest BCUT2D eigenvalue weighted by atomic mass is 35.5. The van der Waals surface area contributed by atoms with E-state index in [2.05, 4.69) is 26.1 Å². The van der Waals surface area contributed by atoms with Crippen LogP contribution in [0.4, 0.5) is 10.5 Å². The molecule has 1 aromatic rings. The molecule has 1 N–H and O–H groups in total. The van der Waals surface area contributed by atoms with Crippen molar-refractivity contribution < 1.29 is 4.79 Å². The SMILES string of the molecule is CC1CCN(C(=O)Nc2cc(Cl)ccc2SC(C)C)C1. The van der Waals surface area contributed by atoms with E-state index in [1.165, 1.54) is 0 Å². The molecular weight excluding hydrogens is 292 g/mol. The van der Waals surface area contributed by atoms with E-state index in [9.17, 15) is 4.79 Å². The van der Waals surface area contributed by atoms with Gasteiger partial charge in [-0.05, 0) is 30.5 Å². The van der Waals surface area contributed by atoms with Gasteiger partial charge < -0.3 is 10.2 Å². The minimum atomic E-state index is -0.0257. The second kappa shape index (κ2) is 6.72. The monoisotopic (exact) mass is 312 g/mol. The highest BCUT2D eigenvalue weighted by molar-refractivity contribution is 8.00. The van der Waals surface area contributed by atoms with E-state index in [1.807, 2.05) is 23.1 Å².